The summed E-state index contributed by atoms with van der Waals surface area (Å²) in [4.78, 5) is 12.5. The smallest absolute Gasteiger partial charge is 0.244 e. The monoisotopic (exact) mass is 361 g/mol. The highest BCUT2D eigenvalue weighted by Crippen LogP contribution is 2.23. The summed E-state index contributed by atoms with van der Waals surface area (Å²) in [5, 5.41) is 3.88. The summed E-state index contributed by atoms with van der Waals surface area (Å²) in [6.45, 7) is 0.573. The van der Waals surface area contributed by atoms with Crippen LogP contribution < -0.4 is 5.43 Å². The Kier molecular flexibility index (Phi) is 5.30. The molecule has 0 spiro atoms. The van der Waals surface area contributed by atoms with E-state index in [1.807, 2.05) is 0 Å². The van der Waals surface area contributed by atoms with Gasteiger partial charge in [0.05, 0.1) is 29.6 Å². The highest BCUT2D eigenvalue weighted by molar-refractivity contribution is 7.89. The van der Waals surface area contributed by atoms with Crippen molar-refractivity contribution in [1.82, 2.24) is 9.73 Å². The minimum Gasteiger partial charge on any atom is -0.472 e. The Morgan fingerprint density at radius 1 is 1.28 bits per heavy atom. The molecule has 0 saturated carbocycles. The second-order valence-corrected chi connectivity index (χ2v) is 7.74. The first-order valence-corrected chi connectivity index (χ1v) is 9.42. The maximum atomic E-state index is 12.7. The fourth-order valence-corrected chi connectivity index (χ4v) is 4.27. The molecule has 132 valence electrons. The molecule has 8 heteroatoms. The van der Waals surface area contributed by atoms with Crippen molar-refractivity contribution < 1.29 is 17.6 Å². The Bertz CT molecular complexity index is 832. The Hall–Kier alpha value is -2.45. The summed E-state index contributed by atoms with van der Waals surface area (Å²) in [7, 11) is -3.58. The van der Waals surface area contributed by atoms with E-state index in [9.17, 15) is 13.2 Å². The van der Waals surface area contributed by atoms with Crippen LogP contribution in [0.15, 0.2) is 63.3 Å². The van der Waals surface area contributed by atoms with Gasteiger partial charge in [-0.1, -0.05) is 18.2 Å². The fraction of sp³-hybridized carbons (Fsp3) is 0.294. The van der Waals surface area contributed by atoms with Crippen LogP contribution in [0.1, 0.15) is 18.4 Å². The van der Waals surface area contributed by atoms with Crippen molar-refractivity contribution in [2.24, 2.45) is 11.0 Å². The first kappa shape index (κ1) is 17.4. The van der Waals surface area contributed by atoms with Gasteiger partial charge in [-0.05, 0) is 31.0 Å². The predicted molar refractivity (Wildman–Crippen MR) is 92.4 cm³/mol. The summed E-state index contributed by atoms with van der Waals surface area (Å²) in [6.07, 6.45) is 5.76. The van der Waals surface area contributed by atoms with Crippen molar-refractivity contribution in [3.05, 3.63) is 54.5 Å². The molecule has 0 unspecified atom stereocenters. The number of carbonyl (C=O) groups is 1. The zero-order valence-electron chi connectivity index (χ0n) is 13.5. The standard InChI is InChI=1S/C17H19N3O4S/c21-17(19-18-11-14-8-10-24-13-14)15-5-4-9-20(12-15)25(22,23)16-6-2-1-3-7-16/h1-3,6-8,10-11,13,15H,4-5,9,12H2,(H,19,21)/b18-11-/t15-/m1/s1. The lowest BCUT2D eigenvalue weighted by Crippen LogP contribution is -2.44. The largest absolute Gasteiger partial charge is 0.472 e. The molecule has 0 bridgehead atoms. The van der Waals surface area contributed by atoms with Crippen molar-refractivity contribution >= 4 is 22.1 Å². The molecule has 2 heterocycles. The van der Waals surface area contributed by atoms with Crippen LogP contribution in [0.25, 0.3) is 0 Å². The molecule has 0 aliphatic carbocycles. The molecule has 0 radical (unpaired) electrons. The average molecular weight is 361 g/mol. The van der Waals surface area contributed by atoms with E-state index in [4.69, 9.17) is 4.42 Å². The number of sulfonamides is 1. The van der Waals surface area contributed by atoms with Crippen LogP contribution in [-0.2, 0) is 14.8 Å². The number of piperidine rings is 1. The first-order chi connectivity index (χ1) is 12.1. The zero-order valence-corrected chi connectivity index (χ0v) is 14.4. The van der Waals surface area contributed by atoms with Gasteiger partial charge in [-0.15, -0.1) is 0 Å². The Morgan fingerprint density at radius 2 is 2.08 bits per heavy atom. The van der Waals surface area contributed by atoms with E-state index in [1.54, 1.807) is 36.4 Å². The quantitative estimate of drug-likeness (QED) is 0.650. The highest BCUT2D eigenvalue weighted by atomic mass is 32.2. The van der Waals surface area contributed by atoms with Gasteiger partial charge in [-0.25, -0.2) is 13.8 Å². The SMILES string of the molecule is O=C(N/N=C\c1ccoc1)[C@@H]1CCCN(S(=O)(=O)c2ccccc2)C1. The molecule has 1 aromatic carbocycles. The van der Waals surface area contributed by atoms with Gasteiger partial charge in [-0.2, -0.15) is 9.41 Å². The molecular weight excluding hydrogens is 342 g/mol. The van der Waals surface area contributed by atoms with E-state index < -0.39 is 15.9 Å². The van der Waals surface area contributed by atoms with Gasteiger partial charge in [0.15, 0.2) is 0 Å². The third kappa shape index (κ3) is 4.15. The van der Waals surface area contributed by atoms with Gasteiger partial charge in [0, 0.05) is 18.7 Å². The van der Waals surface area contributed by atoms with Gasteiger partial charge < -0.3 is 4.42 Å². The van der Waals surface area contributed by atoms with E-state index in [2.05, 4.69) is 10.5 Å². The molecule has 1 fully saturated rings. The number of nitrogens with one attached hydrogen (secondary N) is 1. The van der Waals surface area contributed by atoms with E-state index in [0.29, 0.717) is 19.4 Å². The van der Waals surface area contributed by atoms with Crippen LogP contribution in [0, 0.1) is 5.92 Å². The number of hydrazone groups is 1. The second-order valence-electron chi connectivity index (χ2n) is 5.81. The third-order valence-electron chi connectivity index (χ3n) is 4.07. The molecule has 1 saturated heterocycles. The Morgan fingerprint density at radius 3 is 2.80 bits per heavy atom. The first-order valence-electron chi connectivity index (χ1n) is 7.98. The molecule has 1 amide bonds. The lowest BCUT2D eigenvalue weighted by atomic mass is 9.99. The topological polar surface area (TPSA) is 92.0 Å². The Labute approximate surface area is 146 Å². The van der Waals surface area contributed by atoms with Gasteiger partial charge in [0.1, 0.15) is 0 Å². The predicted octanol–water partition coefficient (Wildman–Crippen LogP) is 1.83. The minimum absolute atomic E-state index is 0.157. The van der Waals surface area contributed by atoms with Crippen LogP contribution in [0.3, 0.4) is 0 Å². The van der Waals surface area contributed by atoms with Crippen molar-refractivity contribution in [2.45, 2.75) is 17.7 Å². The molecule has 2 aromatic rings. The lowest BCUT2D eigenvalue weighted by Gasteiger charge is -2.30. The molecule has 1 N–H and O–H groups in total. The maximum Gasteiger partial charge on any atom is 0.244 e. The van der Waals surface area contributed by atoms with E-state index in [0.717, 1.165) is 5.56 Å². The molecule has 1 aliphatic heterocycles. The van der Waals surface area contributed by atoms with Gasteiger partial charge in [-0.3, -0.25) is 4.79 Å². The van der Waals surface area contributed by atoms with Gasteiger partial charge >= 0.3 is 0 Å². The molecular formula is C17H19N3O4S. The molecule has 3 rings (SSSR count). The molecule has 7 nitrogen and oxygen atoms in total. The van der Waals surface area contributed by atoms with Crippen LogP contribution in [0.2, 0.25) is 0 Å². The van der Waals surface area contributed by atoms with Crippen LogP contribution in [0.5, 0.6) is 0 Å². The summed E-state index contributed by atoms with van der Waals surface area (Å²) < 4.78 is 31.6. The number of hydrogen-bond donors (Lipinski definition) is 1. The zero-order chi connectivity index (χ0) is 17.7. The molecule has 1 atom stereocenters. The van der Waals surface area contributed by atoms with Gasteiger partial charge in [0.25, 0.3) is 0 Å². The number of amides is 1. The maximum absolute atomic E-state index is 12.7. The number of benzene rings is 1. The third-order valence-corrected chi connectivity index (χ3v) is 5.95. The summed E-state index contributed by atoms with van der Waals surface area (Å²) in [5.74, 6) is -0.707. The average Bonchev–Trinajstić information content (AvgIpc) is 3.16. The summed E-state index contributed by atoms with van der Waals surface area (Å²) in [5.41, 5.74) is 3.20. The molecule has 1 aliphatic rings. The van der Waals surface area contributed by atoms with Crippen molar-refractivity contribution in [2.75, 3.05) is 13.1 Å². The number of furan rings is 1. The van der Waals surface area contributed by atoms with Crippen molar-refractivity contribution in [3.63, 3.8) is 0 Å². The van der Waals surface area contributed by atoms with E-state index in [-0.39, 0.29) is 17.3 Å². The number of nitrogens with zero attached hydrogens (tertiary/aromatic N) is 2. The van der Waals surface area contributed by atoms with Crippen molar-refractivity contribution in [1.29, 1.82) is 0 Å². The molecule has 25 heavy (non-hydrogen) atoms. The van der Waals surface area contributed by atoms with Gasteiger partial charge in [0.2, 0.25) is 15.9 Å². The summed E-state index contributed by atoms with van der Waals surface area (Å²) in [6, 6.07) is 9.98. The lowest BCUT2D eigenvalue weighted by molar-refractivity contribution is -0.126. The van der Waals surface area contributed by atoms with Crippen LogP contribution >= 0.6 is 0 Å². The Balaban J connectivity index is 1.63. The normalized spacial score (nSPS) is 19.1. The van der Waals surface area contributed by atoms with E-state index >= 15 is 0 Å². The number of rotatable bonds is 5. The highest BCUT2D eigenvalue weighted by Gasteiger charge is 2.33. The summed E-state index contributed by atoms with van der Waals surface area (Å²) >= 11 is 0. The van der Waals surface area contributed by atoms with Crippen LogP contribution in [0.4, 0.5) is 0 Å². The minimum atomic E-state index is -3.58. The molecule has 1 aromatic heterocycles. The number of hydrogen-bond acceptors (Lipinski definition) is 5. The van der Waals surface area contributed by atoms with E-state index in [1.165, 1.54) is 23.0 Å². The number of carbonyl (C=O) groups excluding carboxylic acids is 1. The second kappa shape index (κ2) is 7.62. The fourth-order valence-electron chi connectivity index (χ4n) is 2.73. The van der Waals surface area contributed by atoms with Crippen molar-refractivity contribution in [3.8, 4) is 0 Å². The van der Waals surface area contributed by atoms with Crippen LogP contribution in [-0.4, -0.2) is 37.9 Å².